The van der Waals surface area contributed by atoms with Crippen molar-refractivity contribution in [3.63, 3.8) is 0 Å². The van der Waals surface area contributed by atoms with Crippen LogP contribution in [0.15, 0.2) is 0 Å². The minimum Gasteiger partial charge on any atom is -0.244 e. The van der Waals surface area contributed by atoms with E-state index in [9.17, 15) is 4.39 Å². The molecule has 1 heteroatoms. The summed E-state index contributed by atoms with van der Waals surface area (Å²) in [6.07, 6.45) is 4.14. The summed E-state index contributed by atoms with van der Waals surface area (Å²) in [7, 11) is 0. The van der Waals surface area contributed by atoms with Crippen LogP contribution in [0.2, 0.25) is 0 Å². The molecule has 1 unspecified atom stereocenters. The summed E-state index contributed by atoms with van der Waals surface area (Å²) in [5, 5.41) is 0. The molecule has 9 heavy (non-hydrogen) atoms. The normalized spacial score (nSPS) is 27.0. The lowest BCUT2D eigenvalue weighted by Crippen LogP contribution is -2.33. The van der Waals surface area contributed by atoms with Gasteiger partial charge in [0, 0.05) is 0 Å². The van der Waals surface area contributed by atoms with Gasteiger partial charge in [-0.25, -0.2) is 4.39 Å². The standard InChI is InChI=1S/C8H15F/c1-3-8(2,9)7-5-4-6-7/h7H,3-6H2,1-2H3. The molecule has 0 radical (unpaired) electrons. The summed E-state index contributed by atoms with van der Waals surface area (Å²) in [5.41, 5.74) is -0.863. The Morgan fingerprint density at radius 1 is 1.56 bits per heavy atom. The van der Waals surface area contributed by atoms with Gasteiger partial charge in [-0.05, 0) is 32.1 Å². The summed E-state index contributed by atoms with van der Waals surface area (Å²) < 4.78 is 13.3. The van der Waals surface area contributed by atoms with Crippen molar-refractivity contribution in [1.29, 1.82) is 0 Å². The molecule has 0 nitrogen and oxygen atoms in total. The minimum absolute atomic E-state index is 0.377. The zero-order chi connectivity index (χ0) is 6.91. The Kier molecular flexibility index (Phi) is 1.78. The van der Waals surface area contributed by atoms with Crippen LogP contribution in [0.4, 0.5) is 4.39 Å². The third-order valence-corrected chi connectivity index (χ3v) is 2.65. The maximum Gasteiger partial charge on any atom is 0.110 e. The molecular weight excluding hydrogens is 115 g/mol. The lowest BCUT2D eigenvalue weighted by molar-refractivity contribution is 0.0457. The van der Waals surface area contributed by atoms with Crippen LogP contribution < -0.4 is 0 Å². The van der Waals surface area contributed by atoms with Gasteiger partial charge in [0.05, 0.1) is 0 Å². The first kappa shape index (κ1) is 7.04. The molecule has 1 aliphatic carbocycles. The fourth-order valence-electron chi connectivity index (χ4n) is 1.30. The van der Waals surface area contributed by atoms with Crippen molar-refractivity contribution >= 4 is 0 Å². The molecule has 1 rings (SSSR count). The van der Waals surface area contributed by atoms with Crippen LogP contribution in [-0.4, -0.2) is 5.67 Å². The second-order valence-electron chi connectivity index (χ2n) is 3.26. The number of rotatable bonds is 2. The molecule has 1 fully saturated rings. The average molecular weight is 130 g/mol. The Bertz CT molecular complexity index is 92.7. The molecule has 0 spiro atoms. The number of alkyl halides is 1. The van der Waals surface area contributed by atoms with Gasteiger partial charge in [-0.1, -0.05) is 13.3 Å². The van der Waals surface area contributed by atoms with Crippen LogP contribution in [0.25, 0.3) is 0 Å². The van der Waals surface area contributed by atoms with Crippen LogP contribution in [0.1, 0.15) is 39.5 Å². The lowest BCUT2D eigenvalue weighted by atomic mass is 9.74. The quantitative estimate of drug-likeness (QED) is 0.539. The van der Waals surface area contributed by atoms with Gasteiger partial charge in [0.15, 0.2) is 0 Å². The summed E-state index contributed by atoms with van der Waals surface area (Å²) in [6, 6.07) is 0. The Morgan fingerprint density at radius 3 is 2.22 bits per heavy atom. The molecule has 54 valence electrons. The summed E-state index contributed by atoms with van der Waals surface area (Å²) in [4.78, 5) is 0. The van der Waals surface area contributed by atoms with E-state index in [0.717, 1.165) is 12.8 Å². The van der Waals surface area contributed by atoms with Crippen LogP contribution in [0.5, 0.6) is 0 Å². The van der Waals surface area contributed by atoms with E-state index in [-0.39, 0.29) is 0 Å². The average Bonchev–Trinajstić information content (AvgIpc) is 1.60. The van der Waals surface area contributed by atoms with E-state index in [1.807, 2.05) is 6.92 Å². The van der Waals surface area contributed by atoms with Gasteiger partial charge in [0.1, 0.15) is 5.67 Å². The number of hydrogen-bond acceptors (Lipinski definition) is 0. The van der Waals surface area contributed by atoms with Crippen molar-refractivity contribution in [3.05, 3.63) is 0 Å². The van der Waals surface area contributed by atoms with Crippen LogP contribution >= 0.6 is 0 Å². The Morgan fingerprint density at radius 2 is 2.11 bits per heavy atom. The maximum atomic E-state index is 13.3. The molecule has 0 aromatic heterocycles. The molecule has 0 heterocycles. The Balaban J connectivity index is 2.37. The molecule has 1 atom stereocenters. The zero-order valence-corrected chi connectivity index (χ0v) is 6.28. The molecule has 0 aromatic rings. The first-order valence-corrected chi connectivity index (χ1v) is 3.85. The second kappa shape index (κ2) is 2.28. The van der Waals surface area contributed by atoms with Crippen LogP contribution in [0.3, 0.4) is 0 Å². The van der Waals surface area contributed by atoms with E-state index < -0.39 is 5.67 Å². The third kappa shape index (κ3) is 1.25. The summed E-state index contributed by atoms with van der Waals surface area (Å²) in [6.45, 7) is 3.66. The van der Waals surface area contributed by atoms with E-state index >= 15 is 0 Å². The van der Waals surface area contributed by atoms with Crippen molar-refractivity contribution in [2.75, 3.05) is 0 Å². The fraction of sp³-hybridized carbons (Fsp3) is 1.00. The fourth-order valence-corrected chi connectivity index (χ4v) is 1.30. The van der Waals surface area contributed by atoms with Gasteiger partial charge < -0.3 is 0 Å². The van der Waals surface area contributed by atoms with Gasteiger partial charge in [0.25, 0.3) is 0 Å². The monoisotopic (exact) mass is 130 g/mol. The largest absolute Gasteiger partial charge is 0.244 e. The molecular formula is C8H15F. The van der Waals surface area contributed by atoms with Crippen molar-refractivity contribution in [2.45, 2.75) is 45.2 Å². The highest BCUT2D eigenvalue weighted by Crippen LogP contribution is 2.40. The summed E-state index contributed by atoms with van der Waals surface area (Å²) in [5.74, 6) is 0.377. The Labute approximate surface area is 56.5 Å². The molecule has 1 saturated carbocycles. The highest BCUT2D eigenvalue weighted by molar-refractivity contribution is 4.86. The first-order chi connectivity index (χ1) is 4.17. The van der Waals surface area contributed by atoms with Gasteiger partial charge >= 0.3 is 0 Å². The van der Waals surface area contributed by atoms with Gasteiger partial charge in [-0.2, -0.15) is 0 Å². The maximum absolute atomic E-state index is 13.3. The minimum atomic E-state index is -0.863. The molecule has 0 amide bonds. The molecule has 1 aliphatic rings. The zero-order valence-electron chi connectivity index (χ0n) is 6.28. The highest BCUT2D eigenvalue weighted by atomic mass is 19.1. The van der Waals surface area contributed by atoms with Crippen molar-refractivity contribution < 1.29 is 4.39 Å². The highest BCUT2D eigenvalue weighted by Gasteiger charge is 2.36. The molecule has 0 N–H and O–H groups in total. The first-order valence-electron chi connectivity index (χ1n) is 3.85. The smallest absolute Gasteiger partial charge is 0.110 e. The van der Waals surface area contributed by atoms with Crippen molar-refractivity contribution in [1.82, 2.24) is 0 Å². The van der Waals surface area contributed by atoms with E-state index in [2.05, 4.69) is 0 Å². The van der Waals surface area contributed by atoms with Gasteiger partial charge in [-0.15, -0.1) is 0 Å². The third-order valence-electron chi connectivity index (χ3n) is 2.65. The van der Waals surface area contributed by atoms with Crippen LogP contribution in [-0.2, 0) is 0 Å². The van der Waals surface area contributed by atoms with E-state index in [1.165, 1.54) is 6.42 Å². The van der Waals surface area contributed by atoms with Crippen molar-refractivity contribution in [2.24, 2.45) is 5.92 Å². The predicted octanol–water partition coefficient (Wildman–Crippen LogP) is 2.92. The van der Waals surface area contributed by atoms with Gasteiger partial charge in [0.2, 0.25) is 0 Å². The second-order valence-corrected chi connectivity index (χ2v) is 3.26. The molecule has 0 aromatic carbocycles. The number of hydrogen-bond donors (Lipinski definition) is 0. The van der Waals surface area contributed by atoms with Gasteiger partial charge in [-0.3, -0.25) is 0 Å². The van der Waals surface area contributed by atoms with E-state index in [0.29, 0.717) is 12.3 Å². The van der Waals surface area contributed by atoms with Crippen molar-refractivity contribution in [3.8, 4) is 0 Å². The molecule has 0 saturated heterocycles. The number of halogens is 1. The van der Waals surface area contributed by atoms with E-state index in [1.54, 1.807) is 6.92 Å². The van der Waals surface area contributed by atoms with E-state index in [4.69, 9.17) is 0 Å². The Hall–Kier alpha value is -0.0700. The molecule has 0 bridgehead atoms. The lowest BCUT2D eigenvalue weighted by Gasteiger charge is -2.36. The molecule has 0 aliphatic heterocycles. The SMILES string of the molecule is CCC(C)(F)C1CCC1. The predicted molar refractivity (Wildman–Crippen MR) is 37.1 cm³/mol. The van der Waals surface area contributed by atoms with Crippen LogP contribution in [0, 0.1) is 5.92 Å². The summed E-state index contributed by atoms with van der Waals surface area (Å²) >= 11 is 0. The topological polar surface area (TPSA) is 0 Å².